The van der Waals surface area contributed by atoms with Gasteiger partial charge < -0.3 is 18.9 Å². The molecule has 234 valence electrons. The Hall–Kier alpha value is -4.41. The van der Waals surface area contributed by atoms with Crippen LogP contribution in [0, 0.1) is 5.82 Å². The first-order valence-electron chi connectivity index (χ1n) is 14.3. The van der Waals surface area contributed by atoms with Crippen LogP contribution in [-0.4, -0.2) is 30.4 Å². The number of thiazole rings is 1. The second kappa shape index (κ2) is 13.7. The summed E-state index contributed by atoms with van der Waals surface area (Å²) in [4.78, 5) is 32.5. The maximum absolute atomic E-state index is 14.1. The highest BCUT2D eigenvalue weighted by molar-refractivity contribution is 7.07. The molecule has 0 radical (unpaired) electrons. The third-order valence-electron chi connectivity index (χ3n) is 6.92. The molecule has 0 spiro atoms. The Morgan fingerprint density at radius 1 is 1.13 bits per heavy atom. The van der Waals surface area contributed by atoms with E-state index in [4.69, 9.17) is 30.5 Å². The maximum atomic E-state index is 14.1. The molecular weight excluding hydrogens is 619 g/mol. The molecule has 4 aromatic rings. The summed E-state index contributed by atoms with van der Waals surface area (Å²) in [5, 5.41) is 0.253. The molecule has 0 unspecified atom stereocenters. The van der Waals surface area contributed by atoms with E-state index in [0.717, 1.165) is 0 Å². The van der Waals surface area contributed by atoms with Gasteiger partial charge in [-0.05, 0) is 75.2 Å². The second-order valence-electron chi connectivity index (χ2n) is 10.5. The summed E-state index contributed by atoms with van der Waals surface area (Å²) in [6, 6.07) is 15.9. The molecule has 11 heteroatoms. The number of fused-ring (bicyclic) bond motifs is 1. The van der Waals surface area contributed by atoms with Crippen molar-refractivity contribution in [3.05, 3.63) is 119 Å². The molecule has 1 aromatic heterocycles. The number of hydrogen-bond donors (Lipinski definition) is 0. The first-order valence-corrected chi connectivity index (χ1v) is 15.5. The van der Waals surface area contributed by atoms with Crippen molar-refractivity contribution in [2.24, 2.45) is 4.99 Å². The van der Waals surface area contributed by atoms with Crippen LogP contribution in [0.5, 0.6) is 17.2 Å². The highest BCUT2D eigenvalue weighted by Crippen LogP contribution is 2.38. The van der Waals surface area contributed by atoms with Crippen molar-refractivity contribution in [2.45, 2.75) is 46.4 Å². The summed E-state index contributed by atoms with van der Waals surface area (Å²) in [5.41, 5.74) is 2.22. The number of ether oxygens (including phenoxy) is 4. The molecule has 1 aliphatic rings. The van der Waals surface area contributed by atoms with Crippen LogP contribution in [-0.2, 0) is 16.1 Å². The van der Waals surface area contributed by atoms with Gasteiger partial charge in [-0.2, -0.15) is 0 Å². The van der Waals surface area contributed by atoms with Crippen LogP contribution in [0.25, 0.3) is 6.08 Å². The van der Waals surface area contributed by atoms with E-state index in [1.54, 1.807) is 44.2 Å². The molecule has 1 aliphatic heterocycles. The Morgan fingerprint density at radius 2 is 1.91 bits per heavy atom. The highest BCUT2D eigenvalue weighted by atomic mass is 35.5. The number of esters is 1. The maximum Gasteiger partial charge on any atom is 0.338 e. The van der Waals surface area contributed by atoms with Gasteiger partial charge in [-0.1, -0.05) is 53.3 Å². The Balaban J connectivity index is 1.60. The SMILES string of the molecule is CCOC(=O)C1=C(C)N=c2s/c(=C/c3cc(Cl)c(OCc4cccc(F)c4)c(OC)c3)c(=O)n2[C@H]1c1ccccc1OC(C)C. The molecule has 3 aromatic carbocycles. The van der Waals surface area contributed by atoms with E-state index >= 15 is 0 Å². The molecule has 5 rings (SSSR count). The van der Waals surface area contributed by atoms with E-state index in [9.17, 15) is 14.0 Å². The van der Waals surface area contributed by atoms with Crippen LogP contribution in [0.3, 0.4) is 0 Å². The van der Waals surface area contributed by atoms with Crippen molar-refractivity contribution >= 4 is 35.0 Å². The van der Waals surface area contributed by atoms with E-state index in [1.165, 1.54) is 35.1 Å². The van der Waals surface area contributed by atoms with Crippen molar-refractivity contribution in [1.29, 1.82) is 0 Å². The summed E-state index contributed by atoms with van der Waals surface area (Å²) in [6.07, 6.45) is 1.55. The summed E-state index contributed by atoms with van der Waals surface area (Å²) >= 11 is 7.80. The molecule has 2 heterocycles. The van der Waals surface area contributed by atoms with Crippen LogP contribution in [0.4, 0.5) is 4.39 Å². The fourth-order valence-electron chi connectivity index (χ4n) is 5.05. The van der Waals surface area contributed by atoms with E-state index in [-0.39, 0.29) is 41.3 Å². The van der Waals surface area contributed by atoms with Gasteiger partial charge in [0.1, 0.15) is 24.2 Å². The lowest BCUT2D eigenvalue weighted by atomic mass is 9.95. The zero-order valence-corrected chi connectivity index (χ0v) is 27.0. The predicted octanol–water partition coefficient (Wildman–Crippen LogP) is 5.97. The van der Waals surface area contributed by atoms with Gasteiger partial charge in [0.05, 0.1) is 40.6 Å². The zero-order valence-electron chi connectivity index (χ0n) is 25.4. The topological polar surface area (TPSA) is 88.4 Å². The van der Waals surface area contributed by atoms with E-state index < -0.39 is 12.0 Å². The summed E-state index contributed by atoms with van der Waals surface area (Å²) < 4.78 is 38.4. The van der Waals surface area contributed by atoms with E-state index in [2.05, 4.69) is 4.99 Å². The zero-order chi connectivity index (χ0) is 32.2. The van der Waals surface area contributed by atoms with Gasteiger partial charge in [0, 0.05) is 5.56 Å². The van der Waals surface area contributed by atoms with E-state index in [1.807, 2.05) is 38.1 Å². The van der Waals surface area contributed by atoms with Gasteiger partial charge in [0.25, 0.3) is 5.56 Å². The van der Waals surface area contributed by atoms with Crippen LogP contribution >= 0.6 is 22.9 Å². The fraction of sp³-hybridized carbons (Fsp3) is 0.265. The third-order valence-corrected chi connectivity index (χ3v) is 8.18. The smallest absolute Gasteiger partial charge is 0.338 e. The summed E-state index contributed by atoms with van der Waals surface area (Å²) in [6.45, 7) is 7.53. The van der Waals surface area contributed by atoms with Gasteiger partial charge in [0.15, 0.2) is 16.3 Å². The lowest BCUT2D eigenvalue weighted by Gasteiger charge is -2.26. The Morgan fingerprint density at radius 3 is 2.62 bits per heavy atom. The van der Waals surface area contributed by atoms with Gasteiger partial charge in [0.2, 0.25) is 0 Å². The van der Waals surface area contributed by atoms with Gasteiger partial charge in [-0.15, -0.1) is 0 Å². The number of aromatic nitrogens is 1. The number of rotatable bonds is 10. The fourth-order valence-corrected chi connectivity index (χ4v) is 6.37. The molecule has 45 heavy (non-hydrogen) atoms. The Bertz CT molecular complexity index is 1970. The number of nitrogens with zero attached hydrogens (tertiary/aromatic N) is 2. The molecule has 0 bridgehead atoms. The number of halogens is 2. The average molecular weight is 651 g/mol. The van der Waals surface area contributed by atoms with Gasteiger partial charge in [-0.3, -0.25) is 9.36 Å². The number of carbonyl (C=O) groups is 1. The normalized spacial score (nSPS) is 14.7. The molecule has 0 amide bonds. The molecule has 1 atom stereocenters. The molecule has 0 saturated heterocycles. The predicted molar refractivity (Wildman–Crippen MR) is 171 cm³/mol. The standard InChI is InChI=1S/C34H32ClFN2O6S/c1-6-42-33(40)29-20(4)37-34-38(30(29)24-12-7-8-13-26(24)44-19(2)3)32(39)28(45-34)17-22-15-25(35)31(27(16-22)41-5)43-18-21-10-9-11-23(36)14-21/h7-17,19,30H,6,18H2,1-5H3/b28-17+/t30-/m0/s1. The average Bonchev–Trinajstić information content (AvgIpc) is 3.29. The lowest BCUT2D eigenvalue weighted by Crippen LogP contribution is -2.40. The number of carbonyl (C=O) groups excluding carboxylic acids is 1. The van der Waals surface area contributed by atoms with Crippen molar-refractivity contribution in [3.8, 4) is 17.2 Å². The first-order chi connectivity index (χ1) is 21.6. The van der Waals surface area contributed by atoms with Crippen molar-refractivity contribution < 1.29 is 28.1 Å². The number of methoxy groups -OCH3 is 1. The molecule has 0 fully saturated rings. The third kappa shape index (κ3) is 6.82. The number of hydrogen-bond acceptors (Lipinski definition) is 8. The molecule has 0 aliphatic carbocycles. The summed E-state index contributed by atoms with van der Waals surface area (Å²) in [7, 11) is 1.48. The highest BCUT2D eigenvalue weighted by Gasteiger charge is 2.35. The number of para-hydroxylation sites is 1. The number of allylic oxidation sites excluding steroid dienone is 1. The van der Waals surface area contributed by atoms with Gasteiger partial charge >= 0.3 is 5.97 Å². The Kier molecular flexibility index (Phi) is 9.74. The lowest BCUT2D eigenvalue weighted by molar-refractivity contribution is -0.139. The minimum Gasteiger partial charge on any atom is -0.493 e. The van der Waals surface area contributed by atoms with Crippen molar-refractivity contribution in [3.63, 3.8) is 0 Å². The Labute approximate surface area is 268 Å². The summed E-state index contributed by atoms with van der Waals surface area (Å²) in [5.74, 6) is 0.264. The monoisotopic (exact) mass is 650 g/mol. The number of benzene rings is 3. The quantitative estimate of drug-likeness (QED) is 0.197. The molecular formula is C34H32ClFN2O6S. The molecule has 8 nitrogen and oxygen atoms in total. The van der Waals surface area contributed by atoms with Crippen LogP contribution in [0.2, 0.25) is 5.02 Å². The van der Waals surface area contributed by atoms with Crippen LogP contribution in [0.15, 0.2) is 81.7 Å². The molecule has 0 saturated carbocycles. The first kappa shape index (κ1) is 32.0. The largest absolute Gasteiger partial charge is 0.493 e. The van der Waals surface area contributed by atoms with E-state index in [0.29, 0.717) is 49.0 Å². The van der Waals surface area contributed by atoms with Crippen LogP contribution in [0.1, 0.15) is 50.4 Å². The minimum atomic E-state index is -0.825. The van der Waals surface area contributed by atoms with Crippen LogP contribution < -0.4 is 29.1 Å². The molecule has 0 N–H and O–H groups in total. The van der Waals surface area contributed by atoms with Crippen molar-refractivity contribution in [1.82, 2.24) is 4.57 Å². The second-order valence-corrected chi connectivity index (χ2v) is 11.9. The van der Waals surface area contributed by atoms with Gasteiger partial charge in [-0.25, -0.2) is 14.2 Å². The van der Waals surface area contributed by atoms with Crippen molar-refractivity contribution in [2.75, 3.05) is 13.7 Å². The minimum absolute atomic E-state index is 0.0793.